The number of aryl methyl sites for hydroxylation is 1. The van der Waals surface area contributed by atoms with Crippen LogP contribution in [-0.4, -0.2) is 36.4 Å². The van der Waals surface area contributed by atoms with Crippen LogP contribution in [-0.2, 0) is 22.6 Å². The number of carbonyl (C=O) groups excluding carboxylic acids is 2. The van der Waals surface area contributed by atoms with Crippen molar-refractivity contribution < 1.29 is 14.3 Å². The van der Waals surface area contributed by atoms with Crippen LogP contribution in [0.5, 0.6) is 5.75 Å². The van der Waals surface area contributed by atoms with Gasteiger partial charge >= 0.3 is 0 Å². The van der Waals surface area contributed by atoms with E-state index >= 15 is 0 Å². The SMILES string of the molecule is COc1cccc(CN(C(=O)CCc2ccc(C(C)C)cc2)C(C)C(=O)NCC(C)C)c1. The average molecular weight is 439 g/mol. The highest BCUT2D eigenvalue weighted by Gasteiger charge is 2.26. The topological polar surface area (TPSA) is 58.6 Å². The van der Waals surface area contributed by atoms with Crippen LogP contribution < -0.4 is 10.1 Å². The second-order valence-electron chi connectivity index (χ2n) is 9.08. The van der Waals surface area contributed by atoms with Crippen LogP contribution in [0, 0.1) is 5.92 Å². The van der Waals surface area contributed by atoms with Crippen LogP contribution in [0.1, 0.15) is 63.6 Å². The summed E-state index contributed by atoms with van der Waals surface area (Å²) >= 11 is 0. The van der Waals surface area contributed by atoms with Gasteiger partial charge in [0.15, 0.2) is 0 Å². The highest BCUT2D eigenvalue weighted by Crippen LogP contribution is 2.19. The zero-order chi connectivity index (χ0) is 23.7. The first-order valence-electron chi connectivity index (χ1n) is 11.5. The van der Waals surface area contributed by atoms with Gasteiger partial charge in [0, 0.05) is 19.5 Å². The summed E-state index contributed by atoms with van der Waals surface area (Å²) in [5.74, 6) is 1.40. The Morgan fingerprint density at radius 1 is 0.969 bits per heavy atom. The highest BCUT2D eigenvalue weighted by molar-refractivity contribution is 5.87. The fourth-order valence-electron chi connectivity index (χ4n) is 3.47. The lowest BCUT2D eigenvalue weighted by atomic mass is 10.00. The zero-order valence-corrected chi connectivity index (χ0v) is 20.4. The number of nitrogens with one attached hydrogen (secondary N) is 1. The summed E-state index contributed by atoms with van der Waals surface area (Å²) in [6, 6.07) is 15.5. The maximum absolute atomic E-state index is 13.2. The number of benzene rings is 2. The molecule has 0 bridgehead atoms. The number of hydrogen-bond donors (Lipinski definition) is 1. The minimum absolute atomic E-state index is 0.0343. The van der Waals surface area contributed by atoms with Gasteiger partial charge in [-0.3, -0.25) is 9.59 Å². The van der Waals surface area contributed by atoms with Gasteiger partial charge in [0.05, 0.1) is 7.11 Å². The molecule has 5 heteroatoms. The molecule has 32 heavy (non-hydrogen) atoms. The van der Waals surface area contributed by atoms with E-state index in [2.05, 4.69) is 57.3 Å². The van der Waals surface area contributed by atoms with E-state index < -0.39 is 6.04 Å². The van der Waals surface area contributed by atoms with Crippen LogP contribution in [0.15, 0.2) is 48.5 Å². The van der Waals surface area contributed by atoms with Gasteiger partial charge in [0.2, 0.25) is 11.8 Å². The Morgan fingerprint density at radius 2 is 1.66 bits per heavy atom. The van der Waals surface area contributed by atoms with Crippen molar-refractivity contribution in [1.29, 1.82) is 0 Å². The molecule has 0 aromatic heterocycles. The molecule has 0 saturated carbocycles. The molecule has 0 aliphatic carbocycles. The van der Waals surface area contributed by atoms with E-state index in [-0.39, 0.29) is 11.8 Å². The van der Waals surface area contributed by atoms with Gasteiger partial charge < -0.3 is 15.0 Å². The molecule has 0 aliphatic rings. The van der Waals surface area contributed by atoms with Gasteiger partial charge in [-0.15, -0.1) is 0 Å². The average Bonchev–Trinajstić information content (AvgIpc) is 2.79. The minimum atomic E-state index is -0.559. The molecule has 0 fully saturated rings. The number of amides is 2. The molecular weight excluding hydrogens is 400 g/mol. The Bertz CT molecular complexity index is 875. The van der Waals surface area contributed by atoms with Gasteiger partial charge in [0.1, 0.15) is 11.8 Å². The van der Waals surface area contributed by atoms with E-state index in [0.717, 1.165) is 16.9 Å². The van der Waals surface area contributed by atoms with Gasteiger partial charge in [-0.05, 0) is 54.0 Å². The Kier molecular flexibility index (Phi) is 9.76. The Labute approximate surface area is 193 Å². The Morgan fingerprint density at radius 3 is 2.25 bits per heavy atom. The van der Waals surface area contributed by atoms with Crippen LogP contribution in [0.2, 0.25) is 0 Å². The smallest absolute Gasteiger partial charge is 0.242 e. The predicted octanol–water partition coefficient (Wildman–Crippen LogP) is 4.94. The van der Waals surface area contributed by atoms with E-state index in [1.807, 2.05) is 24.3 Å². The Balaban J connectivity index is 2.13. The van der Waals surface area contributed by atoms with Crippen molar-refractivity contribution in [3.05, 3.63) is 65.2 Å². The van der Waals surface area contributed by atoms with E-state index in [1.54, 1.807) is 18.9 Å². The summed E-state index contributed by atoms with van der Waals surface area (Å²) in [4.78, 5) is 27.7. The fraction of sp³-hybridized carbons (Fsp3) is 0.481. The Hall–Kier alpha value is -2.82. The molecule has 0 saturated heterocycles. The third-order valence-electron chi connectivity index (χ3n) is 5.61. The van der Waals surface area contributed by atoms with Crippen molar-refractivity contribution in [2.24, 2.45) is 5.92 Å². The van der Waals surface area contributed by atoms with E-state index in [1.165, 1.54) is 5.56 Å². The van der Waals surface area contributed by atoms with Crippen LogP contribution in [0.25, 0.3) is 0 Å². The summed E-state index contributed by atoms with van der Waals surface area (Å²) in [6.45, 7) is 11.2. The number of nitrogens with zero attached hydrogens (tertiary/aromatic N) is 1. The van der Waals surface area contributed by atoms with Crippen molar-refractivity contribution in [2.75, 3.05) is 13.7 Å². The third kappa shape index (κ3) is 7.70. The number of rotatable bonds is 11. The van der Waals surface area contributed by atoms with Crippen LogP contribution in [0.3, 0.4) is 0 Å². The lowest BCUT2D eigenvalue weighted by molar-refractivity contribution is -0.140. The molecule has 2 amide bonds. The second kappa shape index (κ2) is 12.3. The van der Waals surface area contributed by atoms with Crippen molar-refractivity contribution in [2.45, 2.75) is 66.0 Å². The summed E-state index contributed by atoms with van der Waals surface area (Å²) in [5, 5.41) is 2.96. The molecule has 0 aliphatic heterocycles. The highest BCUT2D eigenvalue weighted by atomic mass is 16.5. The maximum Gasteiger partial charge on any atom is 0.242 e. The lowest BCUT2D eigenvalue weighted by Crippen LogP contribution is -2.48. The van der Waals surface area contributed by atoms with Crippen molar-refractivity contribution >= 4 is 11.8 Å². The first-order chi connectivity index (χ1) is 15.2. The number of methoxy groups -OCH3 is 1. The number of carbonyl (C=O) groups is 2. The number of hydrogen-bond acceptors (Lipinski definition) is 3. The third-order valence-corrected chi connectivity index (χ3v) is 5.61. The van der Waals surface area contributed by atoms with Gasteiger partial charge in [-0.1, -0.05) is 64.1 Å². The molecule has 1 unspecified atom stereocenters. The van der Waals surface area contributed by atoms with E-state index in [0.29, 0.717) is 37.8 Å². The molecule has 1 atom stereocenters. The first kappa shape index (κ1) is 25.4. The molecule has 0 heterocycles. The van der Waals surface area contributed by atoms with Crippen molar-refractivity contribution in [1.82, 2.24) is 10.2 Å². The quantitative estimate of drug-likeness (QED) is 0.541. The summed E-state index contributed by atoms with van der Waals surface area (Å²) < 4.78 is 5.32. The molecule has 1 N–H and O–H groups in total. The fourth-order valence-corrected chi connectivity index (χ4v) is 3.47. The molecule has 0 radical (unpaired) electrons. The summed E-state index contributed by atoms with van der Waals surface area (Å²) in [7, 11) is 1.62. The molecule has 2 aromatic carbocycles. The van der Waals surface area contributed by atoms with Gasteiger partial charge in [0.25, 0.3) is 0 Å². The van der Waals surface area contributed by atoms with Gasteiger partial charge in [-0.2, -0.15) is 0 Å². The van der Waals surface area contributed by atoms with E-state index in [9.17, 15) is 9.59 Å². The molecule has 0 spiro atoms. The second-order valence-corrected chi connectivity index (χ2v) is 9.08. The lowest BCUT2D eigenvalue weighted by Gasteiger charge is -2.29. The predicted molar refractivity (Wildman–Crippen MR) is 130 cm³/mol. The van der Waals surface area contributed by atoms with E-state index in [4.69, 9.17) is 4.74 Å². The first-order valence-corrected chi connectivity index (χ1v) is 11.5. The molecule has 2 aromatic rings. The normalized spacial score (nSPS) is 12.0. The minimum Gasteiger partial charge on any atom is -0.497 e. The van der Waals surface area contributed by atoms with Gasteiger partial charge in [-0.25, -0.2) is 0 Å². The van der Waals surface area contributed by atoms with Crippen LogP contribution in [0.4, 0.5) is 0 Å². The van der Waals surface area contributed by atoms with Crippen molar-refractivity contribution in [3.63, 3.8) is 0 Å². The zero-order valence-electron chi connectivity index (χ0n) is 20.4. The monoisotopic (exact) mass is 438 g/mol. The summed E-state index contributed by atoms with van der Waals surface area (Å²) in [5.41, 5.74) is 3.35. The molecule has 2 rings (SSSR count). The molecule has 5 nitrogen and oxygen atoms in total. The van der Waals surface area contributed by atoms with Crippen LogP contribution >= 0.6 is 0 Å². The largest absolute Gasteiger partial charge is 0.497 e. The molecule has 174 valence electrons. The number of ether oxygens (including phenoxy) is 1. The maximum atomic E-state index is 13.2. The van der Waals surface area contributed by atoms with Crippen molar-refractivity contribution in [3.8, 4) is 5.75 Å². The standard InChI is InChI=1S/C27H38N2O3/c1-19(2)17-28-27(31)21(5)29(18-23-8-7-9-25(16-23)32-6)26(30)15-12-22-10-13-24(14-11-22)20(3)4/h7-11,13-14,16,19-21H,12,15,17-18H2,1-6H3,(H,28,31). The molecular formula is C27H38N2O3. The summed E-state index contributed by atoms with van der Waals surface area (Å²) in [6.07, 6.45) is 0.999.